The minimum atomic E-state index is 0.264. The van der Waals surface area contributed by atoms with Gasteiger partial charge in [-0.25, -0.2) is 4.98 Å². The fraction of sp³-hybridized carbons (Fsp3) is 0.722. The van der Waals surface area contributed by atoms with Gasteiger partial charge < -0.3 is 14.5 Å². The van der Waals surface area contributed by atoms with Crippen molar-refractivity contribution in [2.24, 2.45) is 0 Å². The quantitative estimate of drug-likeness (QED) is 0.806. The van der Waals surface area contributed by atoms with Crippen molar-refractivity contribution in [1.82, 2.24) is 19.8 Å². The first kappa shape index (κ1) is 16.7. The van der Waals surface area contributed by atoms with Gasteiger partial charge in [0, 0.05) is 45.1 Å². The summed E-state index contributed by atoms with van der Waals surface area (Å²) in [6, 6.07) is 0.302. The summed E-state index contributed by atoms with van der Waals surface area (Å²) in [6.45, 7) is 5.52. The Hall–Kier alpha value is -1.73. The van der Waals surface area contributed by atoms with Crippen LogP contribution < -0.4 is 4.90 Å². The number of ether oxygens (including phenoxy) is 1. The highest BCUT2D eigenvalue weighted by Gasteiger charge is 2.37. The Balaban J connectivity index is 1.30. The third-order valence-electron chi connectivity index (χ3n) is 5.66. The van der Waals surface area contributed by atoms with Crippen LogP contribution in [0.5, 0.6) is 0 Å². The molecule has 1 aromatic rings. The van der Waals surface area contributed by atoms with Crippen LogP contribution in [-0.2, 0) is 9.53 Å². The molecule has 0 radical (unpaired) electrons. The average Bonchev–Trinajstić information content (AvgIpc) is 2.69. The topological polar surface area (TPSA) is 61.8 Å². The molecule has 0 spiro atoms. The van der Waals surface area contributed by atoms with Crippen molar-refractivity contribution >= 4 is 11.7 Å². The van der Waals surface area contributed by atoms with Gasteiger partial charge in [-0.1, -0.05) is 12.8 Å². The lowest BCUT2D eigenvalue weighted by atomic mass is 9.90. The van der Waals surface area contributed by atoms with Gasteiger partial charge in [-0.15, -0.1) is 0 Å². The van der Waals surface area contributed by atoms with Crippen LogP contribution in [0.25, 0.3) is 0 Å². The van der Waals surface area contributed by atoms with E-state index in [-0.39, 0.29) is 12.0 Å². The summed E-state index contributed by atoms with van der Waals surface area (Å²) in [5.74, 6) is 1.19. The molecule has 7 heteroatoms. The number of anilines is 1. The maximum Gasteiger partial charge on any atom is 0.237 e. The Bertz CT molecular complexity index is 574. The van der Waals surface area contributed by atoms with Crippen LogP contribution in [0.3, 0.4) is 0 Å². The largest absolute Gasteiger partial charge is 0.374 e. The van der Waals surface area contributed by atoms with Crippen molar-refractivity contribution in [2.75, 3.05) is 50.8 Å². The van der Waals surface area contributed by atoms with Gasteiger partial charge in [0.2, 0.25) is 5.91 Å². The zero-order valence-corrected chi connectivity index (χ0v) is 14.7. The Morgan fingerprint density at radius 1 is 1.12 bits per heavy atom. The molecule has 4 rings (SSSR count). The van der Waals surface area contributed by atoms with Gasteiger partial charge in [0.15, 0.2) is 0 Å². The number of nitrogens with zero attached hydrogens (tertiary/aromatic N) is 5. The summed E-state index contributed by atoms with van der Waals surface area (Å²) in [6.07, 6.45) is 10.1. The lowest BCUT2D eigenvalue weighted by Gasteiger charge is -2.44. The number of hydrogen-bond donors (Lipinski definition) is 0. The molecule has 0 bridgehead atoms. The van der Waals surface area contributed by atoms with Gasteiger partial charge in [0.05, 0.1) is 31.5 Å². The monoisotopic (exact) mass is 345 g/mol. The van der Waals surface area contributed by atoms with Gasteiger partial charge in [0.25, 0.3) is 0 Å². The average molecular weight is 345 g/mol. The van der Waals surface area contributed by atoms with E-state index in [4.69, 9.17) is 4.74 Å². The smallest absolute Gasteiger partial charge is 0.237 e. The van der Waals surface area contributed by atoms with Crippen LogP contribution in [0.4, 0.5) is 5.82 Å². The molecule has 3 aliphatic rings. The third kappa shape index (κ3) is 3.77. The Morgan fingerprint density at radius 2 is 1.96 bits per heavy atom. The summed E-state index contributed by atoms with van der Waals surface area (Å²) < 4.78 is 5.89. The number of rotatable bonds is 3. The van der Waals surface area contributed by atoms with E-state index >= 15 is 0 Å². The van der Waals surface area contributed by atoms with E-state index in [1.165, 1.54) is 12.8 Å². The van der Waals surface area contributed by atoms with E-state index in [1.807, 2.05) is 0 Å². The summed E-state index contributed by atoms with van der Waals surface area (Å²) in [5, 5.41) is 0. The predicted molar refractivity (Wildman–Crippen MR) is 94.4 cm³/mol. The number of fused-ring (bicyclic) bond motifs is 1. The predicted octanol–water partition coefficient (Wildman–Crippen LogP) is 0.769. The Labute approximate surface area is 149 Å². The van der Waals surface area contributed by atoms with Crippen molar-refractivity contribution in [1.29, 1.82) is 0 Å². The third-order valence-corrected chi connectivity index (χ3v) is 5.66. The maximum atomic E-state index is 12.9. The summed E-state index contributed by atoms with van der Waals surface area (Å²) >= 11 is 0. The van der Waals surface area contributed by atoms with Crippen LogP contribution in [-0.4, -0.2) is 83.7 Å². The number of carbonyl (C=O) groups is 1. The van der Waals surface area contributed by atoms with Crippen molar-refractivity contribution in [3.05, 3.63) is 18.6 Å². The lowest BCUT2D eigenvalue weighted by Crippen LogP contribution is -2.58. The molecule has 2 saturated heterocycles. The molecule has 0 N–H and O–H groups in total. The van der Waals surface area contributed by atoms with Crippen molar-refractivity contribution < 1.29 is 9.53 Å². The number of aromatic nitrogens is 2. The van der Waals surface area contributed by atoms with E-state index in [0.29, 0.717) is 19.2 Å². The summed E-state index contributed by atoms with van der Waals surface area (Å²) in [4.78, 5) is 28.0. The van der Waals surface area contributed by atoms with Gasteiger partial charge in [-0.2, -0.15) is 0 Å². The molecule has 3 heterocycles. The highest BCUT2D eigenvalue weighted by atomic mass is 16.5. The molecule has 2 atom stereocenters. The molecule has 2 unspecified atom stereocenters. The number of carbonyl (C=O) groups excluding carboxylic acids is 1. The van der Waals surface area contributed by atoms with Crippen molar-refractivity contribution in [3.8, 4) is 0 Å². The van der Waals surface area contributed by atoms with E-state index in [9.17, 15) is 4.79 Å². The minimum Gasteiger partial charge on any atom is -0.374 e. The van der Waals surface area contributed by atoms with Crippen LogP contribution in [0.15, 0.2) is 18.6 Å². The molecule has 0 aromatic carbocycles. The van der Waals surface area contributed by atoms with Gasteiger partial charge >= 0.3 is 0 Å². The SMILES string of the molecule is O=C(CN1CCN(c2cnccn2)CC1)N1CCOC2CCCCC21. The van der Waals surface area contributed by atoms with E-state index in [1.54, 1.807) is 18.6 Å². The summed E-state index contributed by atoms with van der Waals surface area (Å²) in [7, 11) is 0. The molecule has 1 aliphatic carbocycles. The highest BCUT2D eigenvalue weighted by molar-refractivity contribution is 5.79. The molecule has 3 fully saturated rings. The zero-order chi connectivity index (χ0) is 17.1. The number of hydrogen-bond acceptors (Lipinski definition) is 6. The molecule has 25 heavy (non-hydrogen) atoms. The van der Waals surface area contributed by atoms with Gasteiger partial charge in [-0.3, -0.25) is 14.7 Å². The lowest BCUT2D eigenvalue weighted by molar-refractivity contribution is -0.150. The standard InChI is InChI=1S/C18H27N5O2/c24-18(23-11-12-25-16-4-2-1-3-15(16)23)14-21-7-9-22(10-8-21)17-13-19-5-6-20-17/h5-6,13,15-16H,1-4,7-12,14H2. The molecule has 1 amide bonds. The first-order valence-electron chi connectivity index (χ1n) is 9.45. The first-order chi connectivity index (χ1) is 12.3. The fourth-order valence-corrected chi connectivity index (χ4v) is 4.28. The maximum absolute atomic E-state index is 12.9. The normalized spacial score (nSPS) is 27.8. The van der Waals surface area contributed by atoms with Crippen molar-refractivity contribution in [2.45, 2.75) is 37.8 Å². The highest BCUT2D eigenvalue weighted by Crippen LogP contribution is 2.28. The second-order valence-electron chi connectivity index (χ2n) is 7.17. The molecule has 1 aromatic heterocycles. The first-order valence-corrected chi connectivity index (χ1v) is 9.45. The number of amides is 1. The van der Waals surface area contributed by atoms with E-state index in [2.05, 4.69) is 24.7 Å². The van der Waals surface area contributed by atoms with Crippen LogP contribution >= 0.6 is 0 Å². The summed E-state index contributed by atoms with van der Waals surface area (Å²) in [5.41, 5.74) is 0. The van der Waals surface area contributed by atoms with Gasteiger partial charge in [-0.05, 0) is 12.8 Å². The van der Waals surface area contributed by atoms with E-state index in [0.717, 1.165) is 51.4 Å². The molecule has 1 saturated carbocycles. The zero-order valence-electron chi connectivity index (χ0n) is 14.7. The molecule has 2 aliphatic heterocycles. The van der Waals surface area contributed by atoms with E-state index < -0.39 is 0 Å². The number of piperazine rings is 1. The number of morpholine rings is 1. The fourth-order valence-electron chi connectivity index (χ4n) is 4.28. The van der Waals surface area contributed by atoms with Crippen LogP contribution in [0, 0.1) is 0 Å². The Kier molecular flexibility index (Phi) is 5.12. The second kappa shape index (κ2) is 7.66. The molecular weight excluding hydrogens is 318 g/mol. The second-order valence-corrected chi connectivity index (χ2v) is 7.17. The van der Waals surface area contributed by atoms with Crippen LogP contribution in [0.1, 0.15) is 25.7 Å². The minimum absolute atomic E-state index is 0.264. The Morgan fingerprint density at radius 3 is 2.76 bits per heavy atom. The van der Waals surface area contributed by atoms with Gasteiger partial charge in [0.1, 0.15) is 5.82 Å². The molecule has 7 nitrogen and oxygen atoms in total. The molecule has 136 valence electrons. The van der Waals surface area contributed by atoms with Crippen LogP contribution in [0.2, 0.25) is 0 Å². The van der Waals surface area contributed by atoms with Crippen molar-refractivity contribution in [3.63, 3.8) is 0 Å². The molecular formula is C18H27N5O2.